The first kappa shape index (κ1) is 14.3. The lowest BCUT2D eigenvalue weighted by Crippen LogP contribution is -2.33. The number of hydrogen-bond donors (Lipinski definition) is 1. The van der Waals surface area contributed by atoms with Crippen molar-refractivity contribution in [1.82, 2.24) is 24.8 Å². The average Bonchev–Trinajstić information content (AvgIpc) is 3.02. The van der Waals surface area contributed by atoms with Crippen LogP contribution in [0.5, 0.6) is 0 Å². The Kier molecular flexibility index (Phi) is 3.79. The molecular weight excluding hydrogens is 286 g/mol. The highest BCUT2D eigenvalue weighted by Crippen LogP contribution is 2.28. The van der Waals surface area contributed by atoms with Gasteiger partial charge in [0.1, 0.15) is 5.82 Å². The minimum absolute atomic E-state index is 0.530. The van der Waals surface area contributed by atoms with Crippen molar-refractivity contribution >= 4 is 11.0 Å². The second kappa shape index (κ2) is 6.08. The third-order valence-corrected chi connectivity index (χ3v) is 4.60. The van der Waals surface area contributed by atoms with Gasteiger partial charge in [0.15, 0.2) is 0 Å². The van der Waals surface area contributed by atoms with Crippen molar-refractivity contribution in [2.45, 2.75) is 32.2 Å². The Labute approximate surface area is 135 Å². The summed E-state index contributed by atoms with van der Waals surface area (Å²) in [4.78, 5) is 19.5. The van der Waals surface area contributed by atoms with Gasteiger partial charge in [-0.05, 0) is 45.0 Å². The van der Waals surface area contributed by atoms with Gasteiger partial charge in [-0.15, -0.1) is 0 Å². The fourth-order valence-corrected chi connectivity index (χ4v) is 3.26. The SMILES string of the molecule is Cc1cnc(CN2CCC(c3nc4ccccc4[nH]3)CC2)cn1. The van der Waals surface area contributed by atoms with E-state index >= 15 is 0 Å². The number of H-pyrrole nitrogens is 1. The van der Waals surface area contributed by atoms with Crippen LogP contribution in [0.25, 0.3) is 11.0 Å². The summed E-state index contributed by atoms with van der Waals surface area (Å²) in [6.07, 6.45) is 6.01. The summed E-state index contributed by atoms with van der Waals surface area (Å²) < 4.78 is 0. The van der Waals surface area contributed by atoms with Gasteiger partial charge in [-0.2, -0.15) is 0 Å². The number of piperidine rings is 1. The Morgan fingerprint density at radius 2 is 1.96 bits per heavy atom. The molecule has 0 aliphatic carbocycles. The van der Waals surface area contributed by atoms with Crippen LogP contribution in [0.2, 0.25) is 0 Å². The van der Waals surface area contributed by atoms with Crippen LogP contribution in [0.1, 0.15) is 36.0 Å². The number of nitrogens with zero attached hydrogens (tertiary/aromatic N) is 4. The highest BCUT2D eigenvalue weighted by molar-refractivity contribution is 5.74. The molecule has 0 atom stereocenters. The number of aromatic nitrogens is 4. The summed E-state index contributed by atoms with van der Waals surface area (Å²) in [5.41, 5.74) is 4.23. The number of likely N-dealkylation sites (tertiary alicyclic amines) is 1. The van der Waals surface area contributed by atoms with Crippen LogP contribution in [0, 0.1) is 6.92 Å². The summed E-state index contributed by atoms with van der Waals surface area (Å²) in [6.45, 7) is 5.02. The van der Waals surface area contributed by atoms with Crippen LogP contribution in [-0.2, 0) is 6.54 Å². The first-order chi connectivity index (χ1) is 11.3. The predicted octanol–water partition coefficient (Wildman–Crippen LogP) is 3.04. The molecule has 23 heavy (non-hydrogen) atoms. The molecule has 0 radical (unpaired) electrons. The van der Waals surface area contributed by atoms with Gasteiger partial charge in [0.05, 0.1) is 22.4 Å². The zero-order chi connectivity index (χ0) is 15.6. The van der Waals surface area contributed by atoms with Crippen LogP contribution in [-0.4, -0.2) is 37.9 Å². The standard InChI is InChI=1S/C18H21N5/c1-13-10-20-15(11-19-13)12-23-8-6-14(7-9-23)18-21-16-4-2-3-5-17(16)22-18/h2-5,10-11,14H,6-9,12H2,1H3,(H,21,22). The first-order valence-corrected chi connectivity index (χ1v) is 8.22. The normalized spacial score (nSPS) is 16.9. The molecule has 0 unspecified atom stereocenters. The number of aryl methyl sites for hydroxylation is 1. The zero-order valence-corrected chi connectivity index (χ0v) is 13.4. The van der Waals surface area contributed by atoms with Crippen molar-refractivity contribution in [1.29, 1.82) is 0 Å². The molecule has 1 saturated heterocycles. The molecule has 3 heterocycles. The van der Waals surface area contributed by atoms with E-state index in [0.29, 0.717) is 5.92 Å². The van der Waals surface area contributed by atoms with Crippen molar-refractivity contribution < 1.29 is 0 Å². The number of aromatic amines is 1. The lowest BCUT2D eigenvalue weighted by Gasteiger charge is -2.30. The number of rotatable bonds is 3. The average molecular weight is 307 g/mol. The maximum Gasteiger partial charge on any atom is 0.110 e. The summed E-state index contributed by atoms with van der Waals surface area (Å²) in [5, 5.41) is 0. The van der Waals surface area contributed by atoms with Crippen LogP contribution < -0.4 is 0 Å². The number of benzene rings is 1. The maximum absolute atomic E-state index is 4.76. The van der Waals surface area contributed by atoms with Crippen LogP contribution in [0.15, 0.2) is 36.7 Å². The largest absolute Gasteiger partial charge is 0.342 e. The molecule has 0 spiro atoms. The topological polar surface area (TPSA) is 57.7 Å². The summed E-state index contributed by atoms with van der Waals surface area (Å²) in [5.74, 6) is 1.67. The molecule has 5 nitrogen and oxygen atoms in total. The molecule has 2 aromatic heterocycles. The molecule has 0 saturated carbocycles. The molecule has 1 N–H and O–H groups in total. The van der Waals surface area contributed by atoms with Gasteiger partial charge in [0.25, 0.3) is 0 Å². The highest BCUT2D eigenvalue weighted by atomic mass is 15.1. The molecule has 1 aromatic carbocycles. The van der Waals surface area contributed by atoms with Crippen molar-refractivity contribution in [3.05, 3.63) is 53.9 Å². The zero-order valence-electron chi connectivity index (χ0n) is 13.4. The second-order valence-corrected chi connectivity index (χ2v) is 6.34. The number of nitrogens with one attached hydrogen (secondary N) is 1. The summed E-state index contributed by atoms with van der Waals surface area (Å²) in [6, 6.07) is 8.26. The molecule has 4 rings (SSSR count). The fourth-order valence-electron chi connectivity index (χ4n) is 3.26. The van der Waals surface area contributed by atoms with Crippen LogP contribution >= 0.6 is 0 Å². The Morgan fingerprint density at radius 1 is 1.13 bits per heavy atom. The number of fused-ring (bicyclic) bond motifs is 1. The van der Waals surface area contributed by atoms with E-state index in [0.717, 1.165) is 60.7 Å². The third kappa shape index (κ3) is 3.10. The quantitative estimate of drug-likeness (QED) is 0.808. The number of hydrogen-bond acceptors (Lipinski definition) is 4. The predicted molar refractivity (Wildman–Crippen MR) is 90.1 cm³/mol. The Balaban J connectivity index is 1.39. The smallest absolute Gasteiger partial charge is 0.110 e. The molecule has 3 aromatic rings. The van der Waals surface area contributed by atoms with Crippen LogP contribution in [0.3, 0.4) is 0 Å². The lowest BCUT2D eigenvalue weighted by molar-refractivity contribution is 0.200. The van der Waals surface area contributed by atoms with Crippen molar-refractivity contribution in [2.24, 2.45) is 0 Å². The van der Waals surface area contributed by atoms with Crippen molar-refractivity contribution in [3.63, 3.8) is 0 Å². The van der Waals surface area contributed by atoms with Gasteiger partial charge in [-0.25, -0.2) is 4.98 Å². The molecule has 1 aliphatic rings. The summed E-state index contributed by atoms with van der Waals surface area (Å²) in [7, 11) is 0. The van der Waals surface area contributed by atoms with Gasteiger partial charge in [0, 0.05) is 24.9 Å². The van der Waals surface area contributed by atoms with Gasteiger partial charge >= 0.3 is 0 Å². The fraction of sp³-hybridized carbons (Fsp3) is 0.389. The van der Waals surface area contributed by atoms with Gasteiger partial charge in [-0.3, -0.25) is 14.9 Å². The molecule has 1 aliphatic heterocycles. The minimum Gasteiger partial charge on any atom is -0.342 e. The monoisotopic (exact) mass is 307 g/mol. The summed E-state index contributed by atoms with van der Waals surface area (Å²) >= 11 is 0. The molecule has 1 fully saturated rings. The van der Waals surface area contributed by atoms with E-state index < -0.39 is 0 Å². The molecule has 0 amide bonds. The first-order valence-electron chi connectivity index (χ1n) is 8.22. The van der Waals surface area contributed by atoms with Gasteiger partial charge in [0.2, 0.25) is 0 Å². The Hall–Kier alpha value is -2.27. The number of para-hydroxylation sites is 2. The van der Waals surface area contributed by atoms with Gasteiger partial charge in [-0.1, -0.05) is 12.1 Å². The highest BCUT2D eigenvalue weighted by Gasteiger charge is 2.23. The van der Waals surface area contributed by atoms with E-state index in [1.165, 1.54) is 0 Å². The van der Waals surface area contributed by atoms with Gasteiger partial charge < -0.3 is 4.98 Å². The molecule has 118 valence electrons. The van der Waals surface area contributed by atoms with E-state index in [9.17, 15) is 0 Å². The van der Waals surface area contributed by atoms with E-state index in [1.54, 1.807) is 0 Å². The van der Waals surface area contributed by atoms with Crippen molar-refractivity contribution in [3.8, 4) is 0 Å². The number of imidazole rings is 1. The van der Waals surface area contributed by atoms with E-state index in [1.807, 2.05) is 25.4 Å². The molecule has 5 heteroatoms. The Bertz CT molecular complexity index is 752. The lowest BCUT2D eigenvalue weighted by atomic mass is 9.96. The van der Waals surface area contributed by atoms with Crippen molar-refractivity contribution in [2.75, 3.05) is 13.1 Å². The molecule has 0 bridgehead atoms. The van der Waals surface area contributed by atoms with E-state index in [4.69, 9.17) is 4.98 Å². The Morgan fingerprint density at radius 3 is 2.70 bits per heavy atom. The minimum atomic E-state index is 0.530. The van der Waals surface area contributed by atoms with E-state index in [-0.39, 0.29) is 0 Å². The maximum atomic E-state index is 4.76. The van der Waals surface area contributed by atoms with Crippen LogP contribution in [0.4, 0.5) is 0 Å². The third-order valence-electron chi connectivity index (χ3n) is 4.60. The second-order valence-electron chi connectivity index (χ2n) is 6.34. The molecular formula is C18H21N5. The van der Waals surface area contributed by atoms with E-state index in [2.05, 4.69) is 38.1 Å².